The number of aromatic hydroxyl groups is 1. The molecule has 0 radical (unpaired) electrons. The molecule has 1 heterocycles. The van der Waals surface area contributed by atoms with Gasteiger partial charge < -0.3 is 19.7 Å². The third-order valence-corrected chi connectivity index (χ3v) is 5.04. The second kappa shape index (κ2) is 6.94. The summed E-state index contributed by atoms with van der Waals surface area (Å²) in [7, 11) is 1.40. The van der Waals surface area contributed by atoms with E-state index < -0.39 is 18.3 Å². The van der Waals surface area contributed by atoms with Crippen molar-refractivity contribution in [2.75, 3.05) is 13.6 Å². The summed E-state index contributed by atoms with van der Waals surface area (Å²) in [6.45, 7) is 12.0. The smallest absolute Gasteiger partial charge is 0.491 e. The van der Waals surface area contributed by atoms with Crippen molar-refractivity contribution in [2.24, 2.45) is 0 Å². The van der Waals surface area contributed by atoms with Crippen LogP contribution in [-0.4, -0.2) is 42.8 Å². The zero-order valence-electron chi connectivity index (χ0n) is 16.2. The van der Waals surface area contributed by atoms with Crippen molar-refractivity contribution < 1.29 is 19.2 Å². The number of ketones is 1. The van der Waals surface area contributed by atoms with Crippen LogP contribution in [0.15, 0.2) is 17.6 Å². The van der Waals surface area contributed by atoms with E-state index in [2.05, 4.69) is 5.32 Å². The van der Waals surface area contributed by atoms with E-state index >= 15 is 0 Å². The highest BCUT2D eigenvalue weighted by atomic mass is 16.7. The van der Waals surface area contributed by atoms with Gasteiger partial charge in [0.25, 0.3) is 0 Å². The van der Waals surface area contributed by atoms with E-state index in [0.29, 0.717) is 12.1 Å². The molecular formula is C19H28BNO4. The van der Waals surface area contributed by atoms with Gasteiger partial charge in [-0.3, -0.25) is 4.79 Å². The molecule has 1 aromatic carbocycles. The second-order valence-corrected chi connectivity index (χ2v) is 7.62. The van der Waals surface area contributed by atoms with Crippen molar-refractivity contribution in [1.82, 2.24) is 5.32 Å². The Morgan fingerprint density at radius 2 is 1.80 bits per heavy atom. The summed E-state index contributed by atoms with van der Waals surface area (Å²) in [6.07, 6.45) is 1.96. The third kappa shape index (κ3) is 3.97. The van der Waals surface area contributed by atoms with Crippen molar-refractivity contribution in [2.45, 2.75) is 52.7 Å². The molecule has 1 saturated heterocycles. The van der Waals surface area contributed by atoms with Crippen LogP contribution in [0.1, 0.15) is 56.1 Å². The standard InChI is InChI=1S/C19H28BNO4/c1-12-8-16(13(2)22)17(23)10-14(12)9-15(11-21-7)20-24-18(3,4)19(5,6)25-20/h8-10,21,23H,11H2,1-7H3. The lowest BCUT2D eigenvalue weighted by atomic mass is 9.76. The summed E-state index contributed by atoms with van der Waals surface area (Å²) in [6, 6.07) is 3.33. The Hall–Kier alpha value is -1.63. The Labute approximate surface area is 150 Å². The van der Waals surface area contributed by atoms with Gasteiger partial charge in [-0.25, -0.2) is 0 Å². The van der Waals surface area contributed by atoms with Crippen molar-refractivity contribution >= 4 is 19.0 Å². The molecule has 1 aromatic rings. The van der Waals surface area contributed by atoms with E-state index in [1.54, 1.807) is 12.1 Å². The number of carbonyl (C=O) groups is 1. The van der Waals surface area contributed by atoms with Crippen LogP contribution in [0.4, 0.5) is 0 Å². The molecule has 1 aliphatic rings. The van der Waals surface area contributed by atoms with Gasteiger partial charge in [-0.1, -0.05) is 6.08 Å². The monoisotopic (exact) mass is 345 g/mol. The van der Waals surface area contributed by atoms with E-state index in [1.807, 2.05) is 47.7 Å². The maximum absolute atomic E-state index is 11.6. The number of phenols is 1. The van der Waals surface area contributed by atoms with Crippen LogP contribution in [0.25, 0.3) is 6.08 Å². The normalized spacial score (nSPS) is 19.3. The Balaban J connectivity index is 2.42. The molecule has 0 amide bonds. The van der Waals surface area contributed by atoms with Gasteiger partial charge in [-0.2, -0.15) is 0 Å². The highest BCUT2D eigenvalue weighted by molar-refractivity contribution is 6.56. The number of likely N-dealkylation sites (N-methyl/N-ethyl adjacent to an activating group) is 1. The third-order valence-electron chi connectivity index (χ3n) is 5.04. The highest BCUT2D eigenvalue weighted by Gasteiger charge is 2.52. The molecule has 0 unspecified atom stereocenters. The fourth-order valence-corrected chi connectivity index (χ4v) is 2.75. The van der Waals surface area contributed by atoms with Gasteiger partial charge in [-0.05, 0) is 77.3 Å². The van der Waals surface area contributed by atoms with E-state index in [4.69, 9.17) is 9.31 Å². The minimum Gasteiger partial charge on any atom is -0.507 e. The average Bonchev–Trinajstić information content (AvgIpc) is 2.70. The number of nitrogens with one attached hydrogen (secondary N) is 1. The molecule has 0 bridgehead atoms. The van der Waals surface area contributed by atoms with Crippen LogP contribution in [-0.2, 0) is 9.31 Å². The predicted octanol–water partition coefficient (Wildman–Crippen LogP) is 3.14. The van der Waals surface area contributed by atoms with E-state index in [1.165, 1.54) is 6.92 Å². The lowest BCUT2D eigenvalue weighted by molar-refractivity contribution is 0.00578. The molecule has 1 aliphatic heterocycles. The summed E-state index contributed by atoms with van der Waals surface area (Å²) in [5.74, 6) is -0.167. The summed E-state index contributed by atoms with van der Waals surface area (Å²) < 4.78 is 12.3. The van der Waals surface area contributed by atoms with Gasteiger partial charge in [0.1, 0.15) is 5.75 Å². The minimum atomic E-state index is -0.466. The van der Waals surface area contributed by atoms with Gasteiger partial charge >= 0.3 is 7.12 Å². The molecular weight excluding hydrogens is 317 g/mol. The largest absolute Gasteiger partial charge is 0.507 e. The van der Waals surface area contributed by atoms with Crippen molar-refractivity contribution in [3.05, 3.63) is 34.3 Å². The van der Waals surface area contributed by atoms with Crippen molar-refractivity contribution in [3.8, 4) is 5.75 Å². The Morgan fingerprint density at radius 3 is 2.28 bits per heavy atom. The molecule has 2 rings (SSSR count). The van der Waals surface area contributed by atoms with Gasteiger partial charge in [0.15, 0.2) is 5.78 Å². The highest BCUT2D eigenvalue weighted by Crippen LogP contribution is 2.39. The zero-order chi connectivity index (χ0) is 19.0. The first-order chi connectivity index (χ1) is 11.5. The molecule has 5 nitrogen and oxygen atoms in total. The quantitative estimate of drug-likeness (QED) is 0.634. The van der Waals surface area contributed by atoms with E-state index in [0.717, 1.165) is 16.6 Å². The van der Waals surface area contributed by atoms with E-state index in [9.17, 15) is 9.90 Å². The van der Waals surface area contributed by atoms with Gasteiger partial charge in [-0.15, -0.1) is 0 Å². The van der Waals surface area contributed by atoms with Gasteiger partial charge in [0.2, 0.25) is 0 Å². The number of hydrogen-bond acceptors (Lipinski definition) is 5. The average molecular weight is 345 g/mol. The van der Waals surface area contributed by atoms with Crippen LogP contribution in [0.5, 0.6) is 5.75 Å². The number of aryl methyl sites for hydroxylation is 1. The maximum Gasteiger partial charge on any atom is 0.491 e. The predicted molar refractivity (Wildman–Crippen MR) is 101 cm³/mol. The van der Waals surface area contributed by atoms with Crippen molar-refractivity contribution in [3.63, 3.8) is 0 Å². The Morgan fingerprint density at radius 1 is 1.24 bits per heavy atom. The Kier molecular flexibility index (Phi) is 5.47. The molecule has 6 heteroatoms. The number of rotatable bonds is 5. The summed E-state index contributed by atoms with van der Waals surface area (Å²) in [5, 5.41) is 13.3. The van der Waals surface area contributed by atoms with Crippen LogP contribution < -0.4 is 5.32 Å². The molecule has 0 atom stereocenters. The summed E-state index contributed by atoms with van der Waals surface area (Å²) >= 11 is 0. The van der Waals surface area contributed by atoms with Crippen LogP contribution in [0, 0.1) is 6.92 Å². The number of carbonyl (C=O) groups excluding carboxylic acids is 1. The number of Topliss-reactive ketones (excluding diaryl/α,β-unsaturated/α-hetero) is 1. The minimum absolute atomic E-state index is 0.0120. The first kappa shape index (κ1) is 19.7. The fraction of sp³-hybridized carbons (Fsp3) is 0.526. The molecule has 2 N–H and O–H groups in total. The van der Waals surface area contributed by atoms with Crippen LogP contribution in [0.3, 0.4) is 0 Å². The topological polar surface area (TPSA) is 67.8 Å². The molecule has 0 aromatic heterocycles. The lowest BCUT2D eigenvalue weighted by Gasteiger charge is -2.32. The first-order valence-electron chi connectivity index (χ1n) is 8.54. The molecule has 0 spiro atoms. The number of benzene rings is 1. The van der Waals surface area contributed by atoms with Crippen LogP contribution in [0.2, 0.25) is 0 Å². The molecule has 25 heavy (non-hydrogen) atoms. The summed E-state index contributed by atoms with van der Waals surface area (Å²) in [5.41, 5.74) is 2.18. The second-order valence-electron chi connectivity index (χ2n) is 7.62. The SMILES string of the molecule is CNCC(=Cc1cc(O)c(C(C)=O)cc1C)B1OC(C)(C)C(C)(C)O1. The first-order valence-corrected chi connectivity index (χ1v) is 8.54. The van der Waals surface area contributed by atoms with E-state index in [-0.39, 0.29) is 11.5 Å². The molecule has 0 saturated carbocycles. The lowest BCUT2D eigenvalue weighted by Crippen LogP contribution is -2.41. The zero-order valence-corrected chi connectivity index (χ0v) is 16.2. The molecule has 136 valence electrons. The van der Waals surface area contributed by atoms with Gasteiger partial charge in [0.05, 0.1) is 16.8 Å². The maximum atomic E-state index is 11.6. The van der Waals surface area contributed by atoms with Crippen molar-refractivity contribution in [1.29, 1.82) is 0 Å². The number of phenolic OH excluding ortho intramolecular Hbond substituents is 1. The Bertz CT molecular complexity index is 694. The van der Waals surface area contributed by atoms with Gasteiger partial charge in [0, 0.05) is 6.54 Å². The molecule has 0 aliphatic carbocycles. The summed E-state index contributed by atoms with van der Waals surface area (Å²) in [4.78, 5) is 11.6. The fourth-order valence-electron chi connectivity index (χ4n) is 2.75. The molecule has 1 fully saturated rings. The van der Waals surface area contributed by atoms with Crippen LogP contribution >= 0.6 is 0 Å². The number of hydrogen-bond donors (Lipinski definition) is 2.